The average molecular weight is 204 g/mol. The first-order valence-corrected chi connectivity index (χ1v) is 4.37. The van der Waals surface area contributed by atoms with Gasteiger partial charge in [0.1, 0.15) is 5.52 Å². The number of para-hydroxylation sites is 1. The van der Waals surface area contributed by atoms with Gasteiger partial charge >= 0.3 is 11.7 Å². The summed E-state index contributed by atoms with van der Waals surface area (Å²) < 4.78 is 1.11. The maximum atomic E-state index is 11.3. The van der Waals surface area contributed by atoms with Crippen molar-refractivity contribution in [2.24, 2.45) is 0 Å². The predicted octanol–water partition coefficient (Wildman–Crippen LogP) is 2.21. The summed E-state index contributed by atoms with van der Waals surface area (Å²) in [6.45, 7) is 1.30. The number of fused-ring (bicyclic) bond motifs is 1. The molecule has 2 aromatic rings. The van der Waals surface area contributed by atoms with Gasteiger partial charge in [0.25, 0.3) is 0 Å². The molecule has 0 aliphatic heterocycles. The summed E-state index contributed by atoms with van der Waals surface area (Å²) >= 11 is 0. The van der Waals surface area contributed by atoms with E-state index in [2.05, 4.69) is 0 Å². The van der Waals surface area contributed by atoms with Gasteiger partial charge in [-0.25, -0.2) is 4.79 Å². The van der Waals surface area contributed by atoms with Crippen molar-refractivity contribution >= 4 is 22.6 Å². The molecule has 0 amide bonds. The molecule has 15 heavy (non-hydrogen) atoms. The minimum absolute atomic E-state index is 0.191. The minimum Gasteiger partial charge on any atom is -0.358 e. The summed E-state index contributed by atoms with van der Waals surface area (Å²) in [5, 5.41) is 11.4. The van der Waals surface area contributed by atoms with Crippen LogP contribution < -0.4 is 0 Å². The zero-order valence-electron chi connectivity index (χ0n) is 8.01. The molecule has 0 radical (unpaired) electrons. The Morgan fingerprint density at radius 2 is 2.07 bits per heavy atom. The third-order valence-corrected chi connectivity index (χ3v) is 2.19. The fourth-order valence-electron chi connectivity index (χ4n) is 1.61. The Labute approximate surface area is 85.1 Å². The third kappa shape index (κ3) is 1.38. The summed E-state index contributed by atoms with van der Waals surface area (Å²) in [5.41, 5.74) is 0.566. The maximum absolute atomic E-state index is 11.3. The van der Waals surface area contributed by atoms with Gasteiger partial charge in [0.2, 0.25) is 0 Å². The second kappa shape index (κ2) is 3.20. The normalized spacial score (nSPS) is 10.5. The zero-order valence-corrected chi connectivity index (χ0v) is 8.01. The standard InChI is InChI=1S/C10H8N2O3/c1-7(13)11-9-5-3-2-4-8(9)6-10(11)12(14)15/h2-6H,1H3. The highest BCUT2D eigenvalue weighted by Crippen LogP contribution is 2.24. The molecule has 1 aromatic carbocycles. The first-order chi connectivity index (χ1) is 7.11. The summed E-state index contributed by atoms with van der Waals surface area (Å²) in [4.78, 5) is 21.5. The van der Waals surface area contributed by atoms with Crippen LogP contribution >= 0.6 is 0 Å². The molecule has 1 aromatic heterocycles. The van der Waals surface area contributed by atoms with E-state index in [1.165, 1.54) is 13.0 Å². The third-order valence-electron chi connectivity index (χ3n) is 2.19. The molecule has 2 rings (SSSR count). The van der Waals surface area contributed by atoms with E-state index >= 15 is 0 Å². The summed E-state index contributed by atoms with van der Waals surface area (Å²) in [5.74, 6) is -0.549. The fraction of sp³-hybridized carbons (Fsp3) is 0.100. The van der Waals surface area contributed by atoms with Crippen LogP contribution in [-0.4, -0.2) is 15.4 Å². The predicted molar refractivity (Wildman–Crippen MR) is 54.9 cm³/mol. The van der Waals surface area contributed by atoms with Gasteiger partial charge in [0, 0.05) is 18.4 Å². The highest BCUT2D eigenvalue weighted by atomic mass is 16.6. The minimum atomic E-state index is -0.554. The fourth-order valence-corrected chi connectivity index (χ4v) is 1.61. The molecule has 0 saturated heterocycles. The van der Waals surface area contributed by atoms with Crippen LogP contribution in [0.4, 0.5) is 5.82 Å². The maximum Gasteiger partial charge on any atom is 0.331 e. The summed E-state index contributed by atoms with van der Waals surface area (Å²) in [6.07, 6.45) is 0. The van der Waals surface area contributed by atoms with Gasteiger partial charge in [-0.05, 0) is 11.0 Å². The molecule has 5 heteroatoms. The van der Waals surface area contributed by atoms with Crippen molar-refractivity contribution in [1.82, 2.24) is 4.57 Å². The number of aromatic nitrogens is 1. The van der Waals surface area contributed by atoms with Crippen molar-refractivity contribution in [1.29, 1.82) is 0 Å². The Morgan fingerprint density at radius 1 is 1.40 bits per heavy atom. The molecule has 0 fully saturated rings. The van der Waals surface area contributed by atoms with Crippen molar-refractivity contribution in [2.45, 2.75) is 6.92 Å². The van der Waals surface area contributed by atoms with E-state index in [1.807, 2.05) is 0 Å². The van der Waals surface area contributed by atoms with Crippen LogP contribution in [0.5, 0.6) is 0 Å². The Morgan fingerprint density at radius 3 is 2.67 bits per heavy atom. The van der Waals surface area contributed by atoms with E-state index in [-0.39, 0.29) is 11.7 Å². The molecule has 0 unspecified atom stereocenters. The number of hydrogen-bond donors (Lipinski definition) is 0. The SMILES string of the molecule is CC(=O)n1c([N+](=O)[O-])cc2ccccc21. The lowest BCUT2D eigenvalue weighted by molar-refractivity contribution is -0.390. The van der Waals surface area contributed by atoms with Gasteiger partial charge in [-0.15, -0.1) is 0 Å². The number of nitro groups is 1. The summed E-state index contributed by atoms with van der Waals surface area (Å²) in [6, 6.07) is 8.34. The summed E-state index contributed by atoms with van der Waals surface area (Å²) in [7, 11) is 0. The molecule has 76 valence electrons. The topological polar surface area (TPSA) is 65.1 Å². The molecule has 0 N–H and O–H groups in total. The van der Waals surface area contributed by atoms with E-state index in [0.717, 1.165) is 4.57 Å². The second-order valence-electron chi connectivity index (χ2n) is 3.17. The average Bonchev–Trinajstić information content (AvgIpc) is 2.56. The molecular weight excluding hydrogens is 196 g/mol. The first kappa shape index (κ1) is 9.39. The number of benzene rings is 1. The first-order valence-electron chi connectivity index (χ1n) is 4.37. The Bertz CT molecular complexity index is 557. The molecule has 0 saturated carbocycles. The zero-order chi connectivity index (χ0) is 11.0. The van der Waals surface area contributed by atoms with E-state index in [0.29, 0.717) is 10.9 Å². The quantitative estimate of drug-likeness (QED) is 0.528. The van der Waals surface area contributed by atoms with Gasteiger partial charge in [-0.2, -0.15) is 4.57 Å². The van der Waals surface area contributed by atoms with Gasteiger partial charge < -0.3 is 10.1 Å². The van der Waals surface area contributed by atoms with Crippen LogP contribution in [0.3, 0.4) is 0 Å². The second-order valence-corrected chi connectivity index (χ2v) is 3.17. The lowest BCUT2D eigenvalue weighted by Crippen LogP contribution is -2.08. The van der Waals surface area contributed by atoms with E-state index in [4.69, 9.17) is 0 Å². The van der Waals surface area contributed by atoms with E-state index in [9.17, 15) is 14.9 Å². The van der Waals surface area contributed by atoms with Crippen molar-refractivity contribution in [2.75, 3.05) is 0 Å². The van der Waals surface area contributed by atoms with Crippen LogP contribution in [0.15, 0.2) is 30.3 Å². The van der Waals surface area contributed by atoms with Crippen LogP contribution in [0, 0.1) is 10.1 Å². The lowest BCUT2D eigenvalue weighted by atomic mass is 10.2. The Kier molecular flexibility index (Phi) is 2.00. The lowest BCUT2D eigenvalue weighted by Gasteiger charge is -1.96. The highest BCUT2D eigenvalue weighted by Gasteiger charge is 2.21. The van der Waals surface area contributed by atoms with Crippen molar-refractivity contribution in [3.05, 3.63) is 40.4 Å². The Balaban J connectivity index is 2.86. The molecule has 0 aliphatic carbocycles. The monoisotopic (exact) mass is 204 g/mol. The highest BCUT2D eigenvalue weighted by molar-refractivity contribution is 5.94. The van der Waals surface area contributed by atoms with Gasteiger partial charge in [0.15, 0.2) is 0 Å². The molecule has 0 aliphatic rings. The van der Waals surface area contributed by atoms with Gasteiger partial charge in [0.05, 0.1) is 0 Å². The van der Waals surface area contributed by atoms with Gasteiger partial charge in [-0.3, -0.25) is 0 Å². The number of carbonyl (C=O) groups excluding carboxylic acids is 1. The van der Waals surface area contributed by atoms with Crippen LogP contribution in [0.2, 0.25) is 0 Å². The van der Waals surface area contributed by atoms with Crippen LogP contribution in [-0.2, 0) is 0 Å². The molecule has 0 bridgehead atoms. The van der Waals surface area contributed by atoms with Gasteiger partial charge in [-0.1, -0.05) is 18.2 Å². The number of nitrogens with zero attached hydrogens (tertiary/aromatic N) is 2. The molecular formula is C10H8N2O3. The largest absolute Gasteiger partial charge is 0.358 e. The Hall–Kier alpha value is -2.17. The van der Waals surface area contributed by atoms with Crippen molar-refractivity contribution in [3.8, 4) is 0 Å². The molecule has 0 spiro atoms. The molecule has 0 atom stereocenters. The molecule has 1 heterocycles. The smallest absolute Gasteiger partial charge is 0.331 e. The van der Waals surface area contributed by atoms with E-state index < -0.39 is 4.92 Å². The number of hydrogen-bond acceptors (Lipinski definition) is 3. The molecule has 5 nitrogen and oxygen atoms in total. The number of rotatable bonds is 1. The van der Waals surface area contributed by atoms with Crippen molar-refractivity contribution < 1.29 is 9.72 Å². The van der Waals surface area contributed by atoms with Crippen LogP contribution in [0.1, 0.15) is 11.7 Å². The van der Waals surface area contributed by atoms with Crippen LogP contribution in [0.25, 0.3) is 10.9 Å². The van der Waals surface area contributed by atoms with Crippen molar-refractivity contribution in [3.63, 3.8) is 0 Å². The number of carbonyl (C=O) groups is 1. The van der Waals surface area contributed by atoms with E-state index in [1.54, 1.807) is 24.3 Å².